The number of nitrogens with zero attached hydrogens (tertiary/aromatic N) is 1. The molecule has 2 aromatic carbocycles. The van der Waals surface area contributed by atoms with E-state index in [1.165, 1.54) is 6.21 Å². The second-order valence-corrected chi connectivity index (χ2v) is 8.20. The predicted octanol–water partition coefficient (Wildman–Crippen LogP) is 4.18. The van der Waals surface area contributed by atoms with Gasteiger partial charge in [0.15, 0.2) is 11.5 Å². The number of halogens is 1. The largest absolute Gasteiger partial charge is 0.493 e. The summed E-state index contributed by atoms with van der Waals surface area (Å²) in [6.45, 7) is 7.76. The molecule has 2 aromatic rings. The topological polar surface area (TPSA) is 89.0 Å². The van der Waals surface area contributed by atoms with Crippen LogP contribution in [0.5, 0.6) is 11.5 Å². The van der Waals surface area contributed by atoms with Gasteiger partial charge in [-0.2, -0.15) is 5.10 Å². The lowest BCUT2D eigenvalue weighted by Gasteiger charge is -2.15. The lowest BCUT2D eigenvalue weighted by atomic mass is 10.1. The lowest BCUT2D eigenvalue weighted by Crippen LogP contribution is -2.24. The summed E-state index contributed by atoms with van der Waals surface area (Å²) in [5, 5.41) is 6.67. The molecule has 2 amide bonds. The van der Waals surface area contributed by atoms with Crippen molar-refractivity contribution in [1.29, 1.82) is 0 Å². The van der Waals surface area contributed by atoms with Crippen molar-refractivity contribution in [3.8, 4) is 11.5 Å². The van der Waals surface area contributed by atoms with Crippen molar-refractivity contribution in [3.63, 3.8) is 0 Å². The first-order valence-electron chi connectivity index (χ1n) is 9.42. The van der Waals surface area contributed by atoms with Gasteiger partial charge in [0.2, 0.25) is 11.8 Å². The average Bonchev–Trinajstić information content (AvgIpc) is 2.65. The van der Waals surface area contributed by atoms with Crippen LogP contribution in [0.3, 0.4) is 0 Å². The molecule has 30 heavy (non-hydrogen) atoms. The number of benzene rings is 2. The second-order valence-electron chi connectivity index (χ2n) is 7.04. The van der Waals surface area contributed by atoms with E-state index in [-0.39, 0.29) is 12.5 Å². The Hall–Kier alpha value is -2.62. The van der Waals surface area contributed by atoms with Crippen LogP contribution >= 0.6 is 22.6 Å². The molecule has 2 rings (SSSR count). The summed E-state index contributed by atoms with van der Waals surface area (Å²) >= 11 is 2.16. The summed E-state index contributed by atoms with van der Waals surface area (Å²) in [6, 6.07) is 9.32. The van der Waals surface area contributed by atoms with E-state index >= 15 is 0 Å². The van der Waals surface area contributed by atoms with E-state index in [0.29, 0.717) is 17.2 Å². The standard InChI is InChI=1S/C22H26IN3O4/c1-13(2)30-22-17(23)9-16(10-19(22)29-5)12-24-26-21(28)11-20(27)25-18-7-6-14(3)8-15(18)4/h6-10,12-13H,11H2,1-5H3,(H,25,27)(H,26,28). The first-order chi connectivity index (χ1) is 14.2. The predicted molar refractivity (Wildman–Crippen MR) is 126 cm³/mol. The minimum Gasteiger partial charge on any atom is -0.493 e. The van der Waals surface area contributed by atoms with Gasteiger partial charge in [-0.15, -0.1) is 0 Å². The minimum absolute atomic E-state index is 0.0149. The molecule has 0 aliphatic rings. The highest BCUT2D eigenvalue weighted by Gasteiger charge is 2.13. The molecule has 0 spiro atoms. The van der Waals surface area contributed by atoms with Crippen LogP contribution in [0, 0.1) is 17.4 Å². The van der Waals surface area contributed by atoms with E-state index in [0.717, 1.165) is 20.3 Å². The van der Waals surface area contributed by atoms with Crippen LogP contribution in [0.25, 0.3) is 0 Å². The van der Waals surface area contributed by atoms with Crippen molar-refractivity contribution in [2.24, 2.45) is 5.10 Å². The maximum absolute atomic E-state index is 12.1. The molecule has 0 saturated carbocycles. The van der Waals surface area contributed by atoms with E-state index in [1.54, 1.807) is 13.2 Å². The van der Waals surface area contributed by atoms with Crippen LogP contribution in [0.15, 0.2) is 35.4 Å². The number of hydrazone groups is 1. The molecule has 0 saturated heterocycles. The number of aryl methyl sites for hydroxylation is 2. The van der Waals surface area contributed by atoms with Crippen LogP contribution in [0.2, 0.25) is 0 Å². The van der Waals surface area contributed by atoms with Crippen LogP contribution in [0.4, 0.5) is 5.69 Å². The summed E-state index contributed by atoms with van der Waals surface area (Å²) in [5.41, 5.74) is 5.83. The molecule has 8 heteroatoms. The molecule has 0 fully saturated rings. The SMILES string of the molecule is COc1cc(C=NNC(=O)CC(=O)Nc2ccc(C)cc2C)cc(I)c1OC(C)C. The first-order valence-corrected chi connectivity index (χ1v) is 10.5. The number of hydrogen-bond donors (Lipinski definition) is 2. The van der Waals surface area contributed by atoms with Crippen LogP contribution in [0.1, 0.15) is 37.0 Å². The number of ether oxygens (including phenoxy) is 2. The zero-order valence-electron chi connectivity index (χ0n) is 17.7. The number of carbonyl (C=O) groups excluding carboxylic acids is 2. The highest BCUT2D eigenvalue weighted by molar-refractivity contribution is 14.1. The molecule has 0 atom stereocenters. The van der Waals surface area contributed by atoms with Crippen molar-refractivity contribution in [2.75, 3.05) is 12.4 Å². The van der Waals surface area contributed by atoms with E-state index < -0.39 is 11.8 Å². The van der Waals surface area contributed by atoms with E-state index in [1.807, 2.05) is 52.0 Å². The molecule has 160 valence electrons. The zero-order valence-corrected chi connectivity index (χ0v) is 19.9. The van der Waals surface area contributed by atoms with Crippen LogP contribution in [-0.2, 0) is 9.59 Å². The van der Waals surface area contributed by atoms with Gasteiger partial charge in [-0.3, -0.25) is 9.59 Å². The molecular weight excluding hydrogens is 497 g/mol. The Morgan fingerprint density at radius 1 is 1.17 bits per heavy atom. The summed E-state index contributed by atoms with van der Waals surface area (Å²) < 4.78 is 12.0. The van der Waals surface area contributed by atoms with Gasteiger partial charge in [0, 0.05) is 5.69 Å². The fourth-order valence-corrected chi connectivity index (χ4v) is 3.43. The Bertz CT molecular complexity index is 958. The Morgan fingerprint density at radius 3 is 2.53 bits per heavy atom. The summed E-state index contributed by atoms with van der Waals surface area (Å²) in [5.74, 6) is 0.338. The Kier molecular flexibility index (Phi) is 8.64. The molecule has 2 N–H and O–H groups in total. The van der Waals surface area contributed by atoms with Crippen molar-refractivity contribution >= 4 is 46.3 Å². The molecule has 0 aromatic heterocycles. The molecule has 0 radical (unpaired) electrons. The molecule has 0 bridgehead atoms. The third-order valence-corrected chi connectivity index (χ3v) is 4.79. The normalized spacial score (nSPS) is 10.9. The number of carbonyl (C=O) groups is 2. The summed E-state index contributed by atoms with van der Waals surface area (Å²) in [7, 11) is 1.57. The molecule has 0 heterocycles. The van der Waals surface area contributed by atoms with Crippen molar-refractivity contribution in [1.82, 2.24) is 5.43 Å². The maximum Gasteiger partial charge on any atom is 0.249 e. The first kappa shape index (κ1) is 23.7. The van der Waals surface area contributed by atoms with Gasteiger partial charge in [0.1, 0.15) is 6.42 Å². The second kappa shape index (κ2) is 11.0. The number of rotatable bonds is 8. The monoisotopic (exact) mass is 523 g/mol. The fraction of sp³-hybridized carbons (Fsp3) is 0.318. The number of methoxy groups -OCH3 is 1. The van der Waals surface area contributed by atoms with E-state index in [2.05, 4.69) is 38.4 Å². The quantitative estimate of drug-likeness (QED) is 0.235. The van der Waals surface area contributed by atoms with Gasteiger partial charge in [0.25, 0.3) is 0 Å². The fourth-order valence-electron chi connectivity index (χ4n) is 2.68. The highest BCUT2D eigenvalue weighted by Crippen LogP contribution is 2.34. The smallest absolute Gasteiger partial charge is 0.249 e. The number of amides is 2. The Morgan fingerprint density at radius 2 is 1.90 bits per heavy atom. The minimum atomic E-state index is -0.505. The molecule has 0 aliphatic carbocycles. The maximum atomic E-state index is 12.1. The summed E-state index contributed by atoms with van der Waals surface area (Å²) in [6.07, 6.45) is 1.18. The number of nitrogens with one attached hydrogen (secondary N) is 2. The van der Waals surface area contributed by atoms with Crippen LogP contribution in [-0.4, -0.2) is 31.2 Å². The molecule has 0 aliphatic heterocycles. The van der Waals surface area contributed by atoms with Crippen molar-refractivity contribution in [2.45, 2.75) is 40.2 Å². The highest BCUT2D eigenvalue weighted by atomic mass is 127. The average molecular weight is 523 g/mol. The third kappa shape index (κ3) is 7.01. The molecular formula is C22H26IN3O4. The van der Waals surface area contributed by atoms with Gasteiger partial charge in [-0.05, 0) is 79.6 Å². The van der Waals surface area contributed by atoms with Gasteiger partial charge < -0.3 is 14.8 Å². The number of anilines is 1. The van der Waals surface area contributed by atoms with Crippen molar-refractivity contribution < 1.29 is 19.1 Å². The molecule has 7 nitrogen and oxygen atoms in total. The lowest BCUT2D eigenvalue weighted by molar-refractivity contribution is -0.126. The van der Waals surface area contributed by atoms with E-state index in [9.17, 15) is 9.59 Å². The van der Waals surface area contributed by atoms with Crippen molar-refractivity contribution in [3.05, 3.63) is 50.6 Å². The van der Waals surface area contributed by atoms with Gasteiger partial charge in [-0.1, -0.05) is 17.7 Å². The Balaban J connectivity index is 1.95. The third-order valence-electron chi connectivity index (χ3n) is 3.99. The van der Waals surface area contributed by atoms with Gasteiger partial charge in [-0.25, -0.2) is 5.43 Å². The van der Waals surface area contributed by atoms with Gasteiger partial charge >= 0.3 is 0 Å². The van der Waals surface area contributed by atoms with Gasteiger partial charge in [0.05, 0.1) is 23.0 Å². The number of hydrogen-bond acceptors (Lipinski definition) is 5. The molecule has 0 unspecified atom stereocenters. The Labute approximate surface area is 190 Å². The van der Waals surface area contributed by atoms with E-state index in [4.69, 9.17) is 9.47 Å². The zero-order chi connectivity index (χ0) is 22.3. The summed E-state index contributed by atoms with van der Waals surface area (Å²) in [4.78, 5) is 24.1. The van der Waals surface area contributed by atoms with Crippen LogP contribution < -0.4 is 20.2 Å².